The molecule has 35 heavy (non-hydrogen) atoms. The van der Waals surface area contributed by atoms with E-state index in [-0.39, 0.29) is 18.1 Å². The molecule has 1 atom stereocenters. The monoisotopic (exact) mass is 471 g/mol. The van der Waals surface area contributed by atoms with Gasteiger partial charge in [-0.25, -0.2) is 4.98 Å². The molecule has 3 aromatic carbocycles. The molecule has 180 valence electrons. The maximum Gasteiger partial charge on any atom is 0.266 e. The van der Waals surface area contributed by atoms with Crippen LogP contribution in [0, 0.1) is 0 Å². The van der Waals surface area contributed by atoms with E-state index in [4.69, 9.17) is 14.5 Å². The van der Waals surface area contributed by atoms with Crippen LogP contribution in [0.2, 0.25) is 0 Å². The van der Waals surface area contributed by atoms with Crippen molar-refractivity contribution in [3.05, 3.63) is 95.0 Å². The number of para-hydroxylation sites is 2. The van der Waals surface area contributed by atoms with E-state index in [0.29, 0.717) is 41.3 Å². The van der Waals surface area contributed by atoms with Crippen molar-refractivity contribution in [1.29, 1.82) is 0 Å². The normalized spacial score (nSPS) is 11.7. The summed E-state index contributed by atoms with van der Waals surface area (Å²) in [6.07, 6.45) is 0. The molecule has 1 unspecified atom stereocenters. The number of benzene rings is 3. The van der Waals surface area contributed by atoms with E-state index >= 15 is 0 Å². The molecule has 1 aromatic heterocycles. The summed E-state index contributed by atoms with van der Waals surface area (Å²) >= 11 is 0. The van der Waals surface area contributed by atoms with E-state index in [1.807, 2.05) is 93.6 Å². The van der Waals surface area contributed by atoms with Crippen LogP contribution in [-0.2, 0) is 4.79 Å². The molecule has 0 aliphatic rings. The Balaban J connectivity index is 1.73. The van der Waals surface area contributed by atoms with E-state index in [1.54, 1.807) is 15.5 Å². The second-order valence-electron chi connectivity index (χ2n) is 8.01. The number of nitrogens with zero attached hydrogens (tertiary/aromatic N) is 3. The Labute approximate surface area is 204 Å². The fraction of sp³-hybridized carbons (Fsp3) is 0.250. The summed E-state index contributed by atoms with van der Waals surface area (Å²) < 4.78 is 12.8. The maximum absolute atomic E-state index is 13.6. The van der Waals surface area contributed by atoms with Crippen molar-refractivity contribution in [2.24, 2.45) is 0 Å². The number of ether oxygens (including phenoxy) is 2. The Hall–Kier alpha value is -4.13. The zero-order valence-electron chi connectivity index (χ0n) is 20.2. The Morgan fingerprint density at radius 1 is 0.914 bits per heavy atom. The molecule has 0 aliphatic heterocycles. The van der Waals surface area contributed by atoms with Gasteiger partial charge >= 0.3 is 0 Å². The summed E-state index contributed by atoms with van der Waals surface area (Å²) in [7, 11) is 0. The van der Waals surface area contributed by atoms with Gasteiger partial charge in [-0.15, -0.1) is 0 Å². The van der Waals surface area contributed by atoms with Crippen LogP contribution in [0.3, 0.4) is 0 Å². The Morgan fingerprint density at radius 3 is 2.26 bits per heavy atom. The molecule has 7 nitrogen and oxygen atoms in total. The smallest absolute Gasteiger partial charge is 0.266 e. The first kappa shape index (κ1) is 24.0. The van der Waals surface area contributed by atoms with Gasteiger partial charge in [-0.2, -0.15) is 0 Å². The number of amides is 1. The minimum Gasteiger partial charge on any atom is -0.494 e. The SMILES string of the molecule is CCOc1ccc(-n2c(C(C)N(CC)C(=O)COc3ccccc3)nc3ccccc3c2=O)cc1. The second kappa shape index (κ2) is 10.9. The van der Waals surface area contributed by atoms with Crippen LogP contribution < -0.4 is 15.0 Å². The summed E-state index contributed by atoms with van der Waals surface area (Å²) in [5.74, 6) is 1.63. The van der Waals surface area contributed by atoms with E-state index in [1.165, 1.54) is 0 Å². The fourth-order valence-corrected chi connectivity index (χ4v) is 4.09. The minimum absolute atomic E-state index is 0.108. The first-order valence-corrected chi connectivity index (χ1v) is 11.8. The summed E-state index contributed by atoms with van der Waals surface area (Å²) in [5, 5.41) is 0.513. The van der Waals surface area contributed by atoms with E-state index in [0.717, 1.165) is 5.75 Å². The Kier molecular flexibility index (Phi) is 7.45. The van der Waals surface area contributed by atoms with Crippen molar-refractivity contribution in [2.45, 2.75) is 26.8 Å². The van der Waals surface area contributed by atoms with E-state index < -0.39 is 6.04 Å². The third-order valence-electron chi connectivity index (χ3n) is 5.82. The number of rotatable bonds is 9. The first-order valence-electron chi connectivity index (χ1n) is 11.8. The third-order valence-corrected chi connectivity index (χ3v) is 5.82. The van der Waals surface area contributed by atoms with Crippen LogP contribution >= 0.6 is 0 Å². The molecule has 0 spiro atoms. The van der Waals surface area contributed by atoms with Crippen molar-refractivity contribution in [2.75, 3.05) is 19.8 Å². The maximum atomic E-state index is 13.6. The van der Waals surface area contributed by atoms with Gasteiger partial charge in [0.2, 0.25) is 0 Å². The van der Waals surface area contributed by atoms with Gasteiger partial charge in [0, 0.05) is 6.54 Å². The van der Waals surface area contributed by atoms with Gasteiger partial charge < -0.3 is 14.4 Å². The summed E-state index contributed by atoms with van der Waals surface area (Å²) in [5.41, 5.74) is 1.05. The fourth-order valence-electron chi connectivity index (χ4n) is 4.09. The molecule has 0 bridgehead atoms. The molecule has 0 N–H and O–H groups in total. The lowest BCUT2D eigenvalue weighted by Gasteiger charge is -2.29. The predicted molar refractivity (Wildman–Crippen MR) is 136 cm³/mol. The Morgan fingerprint density at radius 2 is 1.57 bits per heavy atom. The number of hydrogen-bond donors (Lipinski definition) is 0. The van der Waals surface area contributed by atoms with Crippen LogP contribution in [0.25, 0.3) is 16.6 Å². The van der Waals surface area contributed by atoms with Gasteiger partial charge in [0.15, 0.2) is 6.61 Å². The van der Waals surface area contributed by atoms with Crippen LogP contribution in [-0.4, -0.2) is 40.1 Å². The number of carbonyl (C=O) groups is 1. The van der Waals surface area contributed by atoms with Crippen molar-refractivity contribution < 1.29 is 14.3 Å². The average Bonchev–Trinajstić information content (AvgIpc) is 2.89. The van der Waals surface area contributed by atoms with Gasteiger partial charge in [0.05, 0.1) is 29.2 Å². The lowest BCUT2D eigenvalue weighted by Crippen LogP contribution is -2.39. The quantitative estimate of drug-likeness (QED) is 0.352. The van der Waals surface area contributed by atoms with Crippen molar-refractivity contribution >= 4 is 16.8 Å². The summed E-state index contributed by atoms with van der Waals surface area (Å²) in [6, 6.07) is 23.3. The van der Waals surface area contributed by atoms with Crippen molar-refractivity contribution in [3.8, 4) is 17.2 Å². The average molecular weight is 472 g/mol. The lowest BCUT2D eigenvalue weighted by atomic mass is 10.1. The Bertz CT molecular complexity index is 1350. The molecule has 7 heteroatoms. The number of aromatic nitrogens is 2. The van der Waals surface area contributed by atoms with Crippen LogP contribution in [0.4, 0.5) is 0 Å². The molecule has 0 fully saturated rings. The van der Waals surface area contributed by atoms with Gasteiger partial charge in [-0.1, -0.05) is 30.3 Å². The number of likely N-dealkylation sites (N-methyl/N-ethyl adjacent to an activating group) is 1. The van der Waals surface area contributed by atoms with Crippen molar-refractivity contribution in [3.63, 3.8) is 0 Å². The number of carbonyl (C=O) groups excluding carboxylic acids is 1. The zero-order chi connectivity index (χ0) is 24.8. The lowest BCUT2D eigenvalue weighted by molar-refractivity contribution is -0.135. The number of hydrogen-bond acceptors (Lipinski definition) is 5. The first-order chi connectivity index (χ1) is 17.0. The molecule has 0 saturated heterocycles. The second-order valence-corrected chi connectivity index (χ2v) is 8.01. The van der Waals surface area contributed by atoms with Crippen molar-refractivity contribution in [1.82, 2.24) is 14.5 Å². The highest BCUT2D eigenvalue weighted by Gasteiger charge is 2.26. The topological polar surface area (TPSA) is 73.7 Å². The molecule has 1 heterocycles. The number of fused-ring (bicyclic) bond motifs is 1. The van der Waals surface area contributed by atoms with Gasteiger partial charge in [-0.05, 0) is 69.3 Å². The highest BCUT2D eigenvalue weighted by atomic mass is 16.5. The molecule has 4 aromatic rings. The van der Waals surface area contributed by atoms with Gasteiger partial charge in [0.1, 0.15) is 17.3 Å². The minimum atomic E-state index is -0.476. The molecule has 0 radical (unpaired) electrons. The summed E-state index contributed by atoms with van der Waals surface area (Å²) in [6.45, 7) is 6.58. The predicted octanol–water partition coefficient (Wildman–Crippen LogP) is 4.77. The molecule has 1 amide bonds. The highest BCUT2D eigenvalue weighted by molar-refractivity contribution is 5.79. The third kappa shape index (κ3) is 5.19. The largest absolute Gasteiger partial charge is 0.494 e. The molecule has 0 aliphatic carbocycles. The molecular weight excluding hydrogens is 442 g/mol. The van der Waals surface area contributed by atoms with Crippen LogP contribution in [0.5, 0.6) is 11.5 Å². The zero-order valence-corrected chi connectivity index (χ0v) is 20.2. The molecule has 0 saturated carbocycles. The molecule has 4 rings (SSSR count). The highest BCUT2D eigenvalue weighted by Crippen LogP contribution is 2.24. The van der Waals surface area contributed by atoms with E-state index in [9.17, 15) is 9.59 Å². The van der Waals surface area contributed by atoms with Gasteiger partial charge in [-0.3, -0.25) is 14.2 Å². The summed E-state index contributed by atoms with van der Waals surface area (Å²) in [4.78, 5) is 33.3. The van der Waals surface area contributed by atoms with E-state index in [2.05, 4.69) is 0 Å². The molecular formula is C28H29N3O4. The van der Waals surface area contributed by atoms with Crippen LogP contribution in [0.1, 0.15) is 32.6 Å². The van der Waals surface area contributed by atoms with Gasteiger partial charge in [0.25, 0.3) is 11.5 Å². The standard InChI is InChI=1S/C28H29N3O4/c1-4-30(26(32)19-35-22-11-7-6-8-12-22)20(3)27-29-25-14-10-9-13-24(25)28(33)31(27)21-15-17-23(18-16-21)34-5-2/h6-18,20H,4-5,19H2,1-3H3. The van der Waals surface area contributed by atoms with Crippen LogP contribution in [0.15, 0.2) is 83.7 Å².